The number of carbonyl (C=O) groups is 1. The molecule has 1 saturated heterocycles. The summed E-state index contributed by atoms with van der Waals surface area (Å²) in [6.07, 6.45) is 4.81. The summed E-state index contributed by atoms with van der Waals surface area (Å²) >= 11 is 0. The molecule has 1 heterocycles. The van der Waals surface area contributed by atoms with Gasteiger partial charge in [-0.1, -0.05) is 6.42 Å². The van der Waals surface area contributed by atoms with Crippen LogP contribution < -0.4 is 19.5 Å². The van der Waals surface area contributed by atoms with Crippen molar-refractivity contribution in [2.75, 3.05) is 41.0 Å². The smallest absolute Gasteiger partial charge is 0.255 e. The van der Waals surface area contributed by atoms with E-state index in [9.17, 15) is 4.79 Å². The monoisotopic (exact) mass is 350 g/mol. The van der Waals surface area contributed by atoms with Gasteiger partial charge in [0.05, 0.1) is 26.9 Å². The average Bonchev–Trinajstić information content (AvgIpc) is 2.65. The standard InChI is InChI=1S/C19H30N2O4/c1-14-8-5-6-10-21(14)11-7-9-20-19(22)15-12-17(24-3)18(25-4)13-16(15)23-2/h12-14H,5-11H2,1-4H3,(H,20,22)/t14-/m1/s1. The number of benzene rings is 1. The molecule has 1 fully saturated rings. The van der Waals surface area contributed by atoms with Gasteiger partial charge in [-0.25, -0.2) is 0 Å². The molecule has 1 aromatic rings. The van der Waals surface area contributed by atoms with Crippen LogP contribution in [0.3, 0.4) is 0 Å². The van der Waals surface area contributed by atoms with Crippen LogP contribution in [0.15, 0.2) is 12.1 Å². The van der Waals surface area contributed by atoms with E-state index in [1.54, 1.807) is 26.4 Å². The number of nitrogens with one attached hydrogen (secondary N) is 1. The Kier molecular flexibility index (Phi) is 7.37. The molecule has 25 heavy (non-hydrogen) atoms. The quantitative estimate of drug-likeness (QED) is 0.731. The van der Waals surface area contributed by atoms with Gasteiger partial charge >= 0.3 is 0 Å². The fourth-order valence-electron chi connectivity index (χ4n) is 3.28. The SMILES string of the molecule is COc1cc(OC)c(C(=O)NCCCN2CCCC[C@H]2C)cc1OC. The minimum absolute atomic E-state index is 0.163. The summed E-state index contributed by atoms with van der Waals surface area (Å²) in [5, 5.41) is 2.97. The summed E-state index contributed by atoms with van der Waals surface area (Å²) < 4.78 is 15.8. The molecule has 1 N–H and O–H groups in total. The molecule has 140 valence electrons. The minimum atomic E-state index is -0.163. The van der Waals surface area contributed by atoms with E-state index in [-0.39, 0.29) is 5.91 Å². The molecule has 2 rings (SSSR count). The van der Waals surface area contributed by atoms with E-state index in [1.165, 1.54) is 32.9 Å². The van der Waals surface area contributed by atoms with Crippen molar-refractivity contribution in [3.05, 3.63) is 17.7 Å². The fraction of sp³-hybridized carbons (Fsp3) is 0.632. The zero-order valence-corrected chi connectivity index (χ0v) is 15.8. The van der Waals surface area contributed by atoms with Crippen molar-refractivity contribution in [1.29, 1.82) is 0 Å². The van der Waals surface area contributed by atoms with E-state index in [0.29, 0.717) is 35.4 Å². The molecule has 6 heteroatoms. The van der Waals surface area contributed by atoms with Crippen molar-refractivity contribution < 1.29 is 19.0 Å². The lowest BCUT2D eigenvalue weighted by Gasteiger charge is -2.33. The molecule has 1 amide bonds. The highest BCUT2D eigenvalue weighted by atomic mass is 16.5. The zero-order chi connectivity index (χ0) is 18.2. The molecule has 1 aromatic carbocycles. The number of piperidine rings is 1. The van der Waals surface area contributed by atoms with Crippen LogP contribution in [0.4, 0.5) is 0 Å². The van der Waals surface area contributed by atoms with Crippen LogP contribution >= 0.6 is 0 Å². The van der Waals surface area contributed by atoms with Gasteiger partial charge in [-0.3, -0.25) is 4.79 Å². The Bertz CT molecular complexity index is 577. The molecule has 6 nitrogen and oxygen atoms in total. The summed E-state index contributed by atoms with van der Waals surface area (Å²) in [6.45, 7) is 5.11. The number of ether oxygens (including phenoxy) is 3. The minimum Gasteiger partial charge on any atom is -0.496 e. The molecule has 1 aliphatic heterocycles. The molecule has 0 saturated carbocycles. The van der Waals surface area contributed by atoms with Crippen molar-refractivity contribution in [3.8, 4) is 17.2 Å². The second-order valence-electron chi connectivity index (χ2n) is 6.40. The number of rotatable bonds is 8. The average molecular weight is 350 g/mol. The largest absolute Gasteiger partial charge is 0.496 e. The fourth-order valence-corrected chi connectivity index (χ4v) is 3.28. The van der Waals surface area contributed by atoms with Crippen LogP contribution in [-0.4, -0.2) is 57.8 Å². The van der Waals surface area contributed by atoms with Crippen LogP contribution in [0.25, 0.3) is 0 Å². The third-order valence-electron chi connectivity index (χ3n) is 4.80. The number of methoxy groups -OCH3 is 3. The molecule has 0 radical (unpaired) electrons. The first-order valence-corrected chi connectivity index (χ1v) is 8.93. The molecular weight excluding hydrogens is 320 g/mol. The predicted octanol–water partition coefficient (Wildman–Crippen LogP) is 2.71. The molecule has 1 atom stereocenters. The molecule has 0 bridgehead atoms. The lowest BCUT2D eigenvalue weighted by atomic mass is 10.0. The first-order chi connectivity index (χ1) is 12.1. The van der Waals surface area contributed by atoms with Crippen molar-refractivity contribution >= 4 is 5.91 Å². The Labute approximate surface area is 150 Å². The van der Waals surface area contributed by atoms with Crippen LogP contribution in [-0.2, 0) is 0 Å². The summed E-state index contributed by atoms with van der Waals surface area (Å²) in [6, 6.07) is 3.97. The Morgan fingerprint density at radius 1 is 1.12 bits per heavy atom. The highest BCUT2D eigenvalue weighted by Crippen LogP contribution is 2.34. The van der Waals surface area contributed by atoms with Crippen LogP contribution in [0, 0.1) is 0 Å². The van der Waals surface area contributed by atoms with E-state index in [1.807, 2.05) is 0 Å². The third kappa shape index (κ3) is 5.01. The zero-order valence-electron chi connectivity index (χ0n) is 15.8. The van der Waals surface area contributed by atoms with Crippen molar-refractivity contribution in [2.45, 2.75) is 38.6 Å². The van der Waals surface area contributed by atoms with Gasteiger partial charge in [-0.05, 0) is 32.7 Å². The maximum Gasteiger partial charge on any atom is 0.255 e. The highest BCUT2D eigenvalue weighted by molar-refractivity contribution is 5.97. The number of hydrogen-bond acceptors (Lipinski definition) is 5. The second kappa shape index (κ2) is 9.51. The normalized spacial score (nSPS) is 17.8. The summed E-state index contributed by atoms with van der Waals surface area (Å²) in [7, 11) is 4.64. The number of hydrogen-bond donors (Lipinski definition) is 1. The van der Waals surface area contributed by atoms with Gasteiger partial charge in [0, 0.05) is 31.3 Å². The molecular formula is C19H30N2O4. The first-order valence-electron chi connectivity index (χ1n) is 8.93. The van der Waals surface area contributed by atoms with Crippen LogP contribution in [0.5, 0.6) is 17.2 Å². The van der Waals surface area contributed by atoms with Gasteiger partial charge in [0.15, 0.2) is 11.5 Å². The van der Waals surface area contributed by atoms with E-state index in [0.717, 1.165) is 13.0 Å². The molecule has 0 spiro atoms. The molecule has 0 aliphatic carbocycles. The number of nitrogens with zero attached hydrogens (tertiary/aromatic N) is 1. The maximum absolute atomic E-state index is 12.5. The molecule has 1 aliphatic rings. The lowest BCUT2D eigenvalue weighted by Crippen LogP contribution is -2.39. The topological polar surface area (TPSA) is 60.0 Å². The van der Waals surface area contributed by atoms with Gasteiger partial charge in [0.1, 0.15) is 5.75 Å². The van der Waals surface area contributed by atoms with Crippen molar-refractivity contribution in [2.24, 2.45) is 0 Å². The van der Waals surface area contributed by atoms with Crippen LogP contribution in [0.2, 0.25) is 0 Å². The lowest BCUT2D eigenvalue weighted by molar-refractivity contribution is 0.0945. The van der Waals surface area contributed by atoms with Crippen molar-refractivity contribution in [1.82, 2.24) is 10.2 Å². The van der Waals surface area contributed by atoms with E-state index in [2.05, 4.69) is 17.1 Å². The number of likely N-dealkylation sites (tertiary alicyclic amines) is 1. The number of carbonyl (C=O) groups excluding carboxylic acids is 1. The Hall–Kier alpha value is -1.95. The second-order valence-corrected chi connectivity index (χ2v) is 6.40. The van der Waals surface area contributed by atoms with Gasteiger partial charge in [-0.15, -0.1) is 0 Å². The maximum atomic E-state index is 12.5. The number of amides is 1. The highest BCUT2D eigenvalue weighted by Gasteiger charge is 2.19. The van der Waals surface area contributed by atoms with Gasteiger partial charge in [-0.2, -0.15) is 0 Å². The summed E-state index contributed by atoms with van der Waals surface area (Å²) in [5.74, 6) is 1.36. The van der Waals surface area contributed by atoms with Gasteiger partial charge < -0.3 is 24.4 Å². The van der Waals surface area contributed by atoms with E-state index < -0.39 is 0 Å². The molecule has 0 unspecified atom stereocenters. The summed E-state index contributed by atoms with van der Waals surface area (Å²) in [4.78, 5) is 15.0. The van der Waals surface area contributed by atoms with Crippen molar-refractivity contribution in [3.63, 3.8) is 0 Å². The van der Waals surface area contributed by atoms with Gasteiger partial charge in [0.2, 0.25) is 0 Å². The van der Waals surface area contributed by atoms with Crippen LogP contribution in [0.1, 0.15) is 43.0 Å². The van der Waals surface area contributed by atoms with E-state index in [4.69, 9.17) is 14.2 Å². The van der Waals surface area contributed by atoms with E-state index >= 15 is 0 Å². The Balaban J connectivity index is 1.91. The Morgan fingerprint density at radius 3 is 2.44 bits per heavy atom. The Morgan fingerprint density at radius 2 is 1.80 bits per heavy atom. The summed E-state index contributed by atoms with van der Waals surface area (Å²) in [5.41, 5.74) is 0.450. The van der Waals surface area contributed by atoms with Gasteiger partial charge in [0.25, 0.3) is 5.91 Å². The predicted molar refractivity (Wildman–Crippen MR) is 97.9 cm³/mol. The first kappa shape index (κ1) is 19.4. The third-order valence-corrected chi connectivity index (χ3v) is 4.80. The molecule has 0 aromatic heterocycles.